The van der Waals surface area contributed by atoms with Crippen molar-refractivity contribution in [2.24, 2.45) is 0 Å². The fraction of sp³-hybridized carbons (Fsp3) is 0.350. The Hall–Kier alpha value is -2.94. The first-order valence-corrected chi connectivity index (χ1v) is 10.9. The molecular weight excluding hydrogens is 396 g/mol. The number of para-hydroxylation sites is 2. The van der Waals surface area contributed by atoms with Gasteiger partial charge in [0.2, 0.25) is 15.9 Å². The van der Waals surface area contributed by atoms with Crippen molar-refractivity contribution in [2.45, 2.75) is 13.0 Å². The van der Waals surface area contributed by atoms with Crippen molar-refractivity contribution in [3.05, 3.63) is 48.0 Å². The van der Waals surface area contributed by atoms with Crippen molar-refractivity contribution in [3.8, 4) is 17.2 Å². The second kappa shape index (κ2) is 8.60. The number of amides is 1. The van der Waals surface area contributed by atoms with Crippen molar-refractivity contribution >= 4 is 21.6 Å². The summed E-state index contributed by atoms with van der Waals surface area (Å²) in [6.45, 7) is 2.42. The normalized spacial score (nSPS) is 14.0. The molecule has 0 radical (unpaired) electrons. The summed E-state index contributed by atoms with van der Waals surface area (Å²) in [6.07, 6.45) is 1.05. The van der Waals surface area contributed by atoms with Crippen LogP contribution in [0.4, 0.5) is 5.69 Å². The molecule has 0 aromatic heterocycles. The SMILES string of the molecule is COc1ccccc1N(CC(=O)N[C@@H](C)c1ccc2c(c1)OCCO2)S(C)(=O)=O. The standard InChI is InChI=1S/C20H24N2O6S/c1-14(15-8-9-18-19(12-15)28-11-10-27-18)21-20(23)13-22(29(3,24)25)16-6-4-5-7-17(16)26-2/h4-9,12,14H,10-11,13H2,1-3H3,(H,21,23)/t14-/m0/s1. The third-order valence-electron chi connectivity index (χ3n) is 4.49. The predicted octanol–water partition coefficient (Wildman–Crippen LogP) is 2.11. The number of nitrogens with one attached hydrogen (secondary N) is 1. The molecule has 0 bridgehead atoms. The Kier molecular flexibility index (Phi) is 6.17. The van der Waals surface area contributed by atoms with Gasteiger partial charge >= 0.3 is 0 Å². The van der Waals surface area contributed by atoms with Crippen molar-refractivity contribution in [3.63, 3.8) is 0 Å². The molecule has 1 N–H and O–H groups in total. The summed E-state index contributed by atoms with van der Waals surface area (Å²) in [5, 5.41) is 2.83. The second-order valence-corrected chi connectivity index (χ2v) is 8.54. The summed E-state index contributed by atoms with van der Waals surface area (Å²) in [5.74, 6) is 1.22. The number of nitrogens with zero attached hydrogens (tertiary/aromatic N) is 1. The van der Waals surface area contributed by atoms with Gasteiger partial charge in [0.1, 0.15) is 25.5 Å². The Labute approximate surface area is 170 Å². The second-order valence-electron chi connectivity index (χ2n) is 6.63. The zero-order valence-corrected chi connectivity index (χ0v) is 17.4. The number of benzene rings is 2. The van der Waals surface area contributed by atoms with Gasteiger partial charge in [0, 0.05) is 0 Å². The highest BCUT2D eigenvalue weighted by atomic mass is 32.2. The number of methoxy groups -OCH3 is 1. The lowest BCUT2D eigenvalue weighted by molar-refractivity contribution is -0.120. The van der Waals surface area contributed by atoms with E-state index >= 15 is 0 Å². The number of carbonyl (C=O) groups excluding carboxylic acids is 1. The van der Waals surface area contributed by atoms with Crippen LogP contribution in [0.2, 0.25) is 0 Å². The average Bonchev–Trinajstić information content (AvgIpc) is 2.70. The maximum absolute atomic E-state index is 12.6. The smallest absolute Gasteiger partial charge is 0.241 e. The van der Waals surface area contributed by atoms with Crippen molar-refractivity contribution in [1.29, 1.82) is 0 Å². The molecule has 1 amide bonds. The van der Waals surface area contributed by atoms with E-state index in [9.17, 15) is 13.2 Å². The molecule has 1 atom stereocenters. The number of sulfonamides is 1. The van der Waals surface area contributed by atoms with Crippen LogP contribution in [-0.2, 0) is 14.8 Å². The Morgan fingerprint density at radius 2 is 1.86 bits per heavy atom. The van der Waals surface area contributed by atoms with Gasteiger partial charge in [0.25, 0.3) is 0 Å². The van der Waals surface area contributed by atoms with Crippen molar-refractivity contribution in [2.75, 3.05) is 37.4 Å². The van der Waals surface area contributed by atoms with Gasteiger partial charge in [0.15, 0.2) is 11.5 Å². The highest BCUT2D eigenvalue weighted by molar-refractivity contribution is 7.92. The average molecular weight is 420 g/mol. The van der Waals surface area contributed by atoms with E-state index in [4.69, 9.17) is 14.2 Å². The Morgan fingerprint density at radius 1 is 1.17 bits per heavy atom. The van der Waals surface area contributed by atoms with Gasteiger partial charge in [-0.2, -0.15) is 0 Å². The molecule has 1 heterocycles. The van der Waals surface area contributed by atoms with Crippen LogP contribution in [0, 0.1) is 0 Å². The number of hydrogen-bond donors (Lipinski definition) is 1. The van der Waals surface area contributed by atoms with Gasteiger partial charge in [-0.1, -0.05) is 18.2 Å². The quantitative estimate of drug-likeness (QED) is 0.737. The van der Waals surface area contributed by atoms with Crippen LogP contribution in [0.5, 0.6) is 17.2 Å². The summed E-state index contributed by atoms with van der Waals surface area (Å²) >= 11 is 0. The van der Waals surface area contributed by atoms with Gasteiger partial charge in [0.05, 0.1) is 25.1 Å². The number of anilines is 1. The summed E-state index contributed by atoms with van der Waals surface area (Å²) in [5.41, 5.74) is 1.13. The van der Waals surface area contributed by atoms with Crippen LogP contribution in [0.25, 0.3) is 0 Å². The predicted molar refractivity (Wildman–Crippen MR) is 109 cm³/mol. The lowest BCUT2D eigenvalue weighted by Crippen LogP contribution is -2.41. The van der Waals surface area contributed by atoms with E-state index in [0.717, 1.165) is 16.1 Å². The molecule has 0 saturated heterocycles. The number of fused-ring (bicyclic) bond motifs is 1. The molecule has 0 unspecified atom stereocenters. The molecule has 156 valence electrons. The molecule has 1 aliphatic heterocycles. The molecule has 0 aliphatic carbocycles. The van der Waals surface area contributed by atoms with Crippen LogP contribution in [0.15, 0.2) is 42.5 Å². The zero-order chi connectivity index (χ0) is 21.0. The summed E-state index contributed by atoms with van der Waals surface area (Å²) in [4.78, 5) is 12.6. The molecule has 3 rings (SSSR count). The van der Waals surface area contributed by atoms with E-state index in [-0.39, 0.29) is 12.6 Å². The minimum Gasteiger partial charge on any atom is -0.495 e. The third-order valence-corrected chi connectivity index (χ3v) is 5.61. The first kappa shape index (κ1) is 20.8. The van der Waals surface area contributed by atoms with E-state index in [0.29, 0.717) is 36.1 Å². The van der Waals surface area contributed by atoms with E-state index in [1.54, 1.807) is 30.3 Å². The molecule has 0 spiro atoms. The van der Waals surface area contributed by atoms with Gasteiger partial charge in [-0.3, -0.25) is 9.10 Å². The molecule has 0 saturated carbocycles. The summed E-state index contributed by atoms with van der Waals surface area (Å²) in [6, 6.07) is 11.8. The molecule has 2 aromatic rings. The number of carbonyl (C=O) groups is 1. The van der Waals surface area contributed by atoms with E-state index in [1.807, 2.05) is 19.1 Å². The number of rotatable bonds is 7. The molecule has 29 heavy (non-hydrogen) atoms. The molecule has 8 nitrogen and oxygen atoms in total. The minimum absolute atomic E-state index is 0.305. The zero-order valence-electron chi connectivity index (χ0n) is 16.5. The topological polar surface area (TPSA) is 94.2 Å². The Morgan fingerprint density at radius 3 is 2.55 bits per heavy atom. The highest BCUT2D eigenvalue weighted by Crippen LogP contribution is 2.33. The summed E-state index contributed by atoms with van der Waals surface area (Å²) < 4.78 is 42.0. The minimum atomic E-state index is -3.70. The van der Waals surface area contributed by atoms with Crippen LogP contribution in [0.1, 0.15) is 18.5 Å². The van der Waals surface area contributed by atoms with Gasteiger partial charge in [-0.25, -0.2) is 8.42 Å². The lowest BCUT2D eigenvalue weighted by atomic mass is 10.1. The van der Waals surface area contributed by atoms with Crippen molar-refractivity contribution < 1.29 is 27.4 Å². The first-order valence-electron chi connectivity index (χ1n) is 9.09. The van der Waals surface area contributed by atoms with Crippen LogP contribution < -0.4 is 23.8 Å². The monoisotopic (exact) mass is 420 g/mol. The largest absolute Gasteiger partial charge is 0.495 e. The number of ether oxygens (including phenoxy) is 3. The first-order chi connectivity index (χ1) is 13.8. The maximum atomic E-state index is 12.6. The van der Waals surface area contributed by atoms with Crippen LogP contribution >= 0.6 is 0 Å². The van der Waals surface area contributed by atoms with Crippen LogP contribution in [0.3, 0.4) is 0 Å². The Bertz CT molecular complexity index is 992. The molecule has 1 aliphatic rings. The third kappa shape index (κ3) is 4.92. The molecule has 0 fully saturated rings. The molecule has 2 aromatic carbocycles. The molecular formula is C20H24N2O6S. The van der Waals surface area contributed by atoms with Gasteiger partial charge in [-0.15, -0.1) is 0 Å². The lowest BCUT2D eigenvalue weighted by Gasteiger charge is -2.25. The summed E-state index contributed by atoms with van der Waals surface area (Å²) in [7, 11) is -2.25. The van der Waals surface area contributed by atoms with E-state index in [1.165, 1.54) is 7.11 Å². The molecule has 9 heteroatoms. The van der Waals surface area contributed by atoms with Gasteiger partial charge < -0.3 is 19.5 Å². The highest BCUT2D eigenvalue weighted by Gasteiger charge is 2.25. The van der Waals surface area contributed by atoms with Crippen molar-refractivity contribution in [1.82, 2.24) is 5.32 Å². The van der Waals surface area contributed by atoms with E-state index in [2.05, 4.69) is 5.32 Å². The fourth-order valence-electron chi connectivity index (χ4n) is 3.05. The maximum Gasteiger partial charge on any atom is 0.241 e. The van der Waals surface area contributed by atoms with Gasteiger partial charge in [-0.05, 0) is 36.8 Å². The van der Waals surface area contributed by atoms with Crippen LogP contribution in [-0.4, -0.2) is 47.4 Å². The Balaban J connectivity index is 1.75. The van der Waals surface area contributed by atoms with E-state index < -0.39 is 15.9 Å². The fourth-order valence-corrected chi connectivity index (χ4v) is 3.91. The number of hydrogen-bond acceptors (Lipinski definition) is 6.